The second kappa shape index (κ2) is 8.39. The van der Waals surface area contributed by atoms with Gasteiger partial charge in [-0.3, -0.25) is 9.59 Å². The Hall–Kier alpha value is -3.93. The van der Waals surface area contributed by atoms with Crippen molar-refractivity contribution < 1.29 is 19.5 Å². The first-order valence-corrected chi connectivity index (χ1v) is 8.96. The number of anilines is 2. The molecular formula is C23H20N2O4. The number of hydrogen-bond acceptors (Lipinski definition) is 3. The van der Waals surface area contributed by atoms with E-state index in [2.05, 4.69) is 10.6 Å². The van der Waals surface area contributed by atoms with E-state index in [1.54, 1.807) is 36.4 Å². The highest BCUT2D eigenvalue weighted by atomic mass is 16.4. The minimum atomic E-state index is -1.16. The molecule has 3 N–H and O–H groups in total. The van der Waals surface area contributed by atoms with Crippen LogP contribution < -0.4 is 10.6 Å². The lowest BCUT2D eigenvalue weighted by Crippen LogP contribution is -2.15. The Bertz CT molecular complexity index is 1030. The van der Waals surface area contributed by atoms with Crippen molar-refractivity contribution in [2.45, 2.75) is 13.8 Å². The van der Waals surface area contributed by atoms with E-state index in [4.69, 9.17) is 0 Å². The molecule has 3 aromatic rings. The van der Waals surface area contributed by atoms with Crippen molar-refractivity contribution >= 4 is 29.2 Å². The van der Waals surface area contributed by atoms with Crippen LogP contribution in [0.3, 0.4) is 0 Å². The van der Waals surface area contributed by atoms with E-state index in [9.17, 15) is 19.5 Å². The summed E-state index contributed by atoms with van der Waals surface area (Å²) < 4.78 is 0. The highest BCUT2D eigenvalue weighted by Gasteiger charge is 2.13. The number of amides is 2. The zero-order valence-electron chi connectivity index (χ0n) is 16.0. The third kappa shape index (κ3) is 5.07. The maximum Gasteiger partial charge on any atom is 0.335 e. The highest BCUT2D eigenvalue weighted by Crippen LogP contribution is 2.21. The number of aryl methyl sites for hydroxylation is 2. The van der Waals surface area contributed by atoms with Gasteiger partial charge in [0.25, 0.3) is 11.8 Å². The molecule has 0 fully saturated rings. The van der Waals surface area contributed by atoms with Gasteiger partial charge in [0, 0.05) is 22.5 Å². The average molecular weight is 388 g/mol. The molecule has 0 unspecified atom stereocenters. The molecule has 29 heavy (non-hydrogen) atoms. The minimum Gasteiger partial charge on any atom is -0.478 e. The van der Waals surface area contributed by atoms with Gasteiger partial charge < -0.3 is 15.7 Å². The van der Waals surface area contributed by atoms with Gasteiger partial charge in [0.1, 0.15) is 0 Å². The summed E-state index contributed by atoms with van der Waals surface area (Å²) in [7, 11) is 0. The molecule has 0 saturated carbocycles. The Morgan fingerprint density at radius 2 is 1.10 bits per heavy atom. The molecule has 2 amide bonds. The third-order valence-electron chi connectivity index (χ3n) is 4.26. The largest absolute Gasteiger partial charge is 0.478 e. The molecule has 3 rings (SSSR count). The van der Waals surface area contributed by atoms with E-state index in [0.717, 1.165) is 11.1 Å². The lowest BCUT2D eigenvalue weighted by molar-refractivity contribution is 0.0696. The monoisotopic (exact) mass is 388 g/mol. The standard InChI is InChI=1S/C23H20N2O4/c1-14-5-3-7-16(9-14)21(26)24-19-11-18(23(28)29)12-20(13-19)25-22(27)17-8-4-6-15(2)10-17/h3-13H,1-2H3,(H,24,26)(H,25,27)(H,28,29). The van der Waals surface area contributed by atoms with Crippen molar-refractivity contribution in [2.75, 3.05) is 10.6 Å². The van der Waals surface area contributed by atoms with E-state index >= 15 is 0 Å². The minimum absolute atomic E-state index is 0.0495. The summed E-state index contributed by atoms with van der Waals surface area (Å²) in [6, 6.07) is 18.3. The third-order valence-corrected chi connectivity index (χ3v) is 4.26. The summed E-state index contributed by atoms with van der Waals surface area (Å²) in [5.41, 5.74) is 3.27. The first-order chi connectivity index (χ1) is 13.8. The van der Waals surface area contributed by atoms with Crippen LogP contribution in [0.4, 0.5) is 11.4 Å². The van der Waals surface area contributed by atoms with Gasteiger partial charge >= 0.3 is 5.97 Å². The molecule has 0 aliphatic rings. The number of carbonyl (C=O) groups excluding carboxylic acids is 2. The van der Waals surface area contributed by atoms with Crippen molar-refractivity contribution in [1.29, 1.82) is 0 Å². The summed E-state index contributed by atoms with van der Waals surface area (Å²) in [5, 5.41) is 14.8. The Morgan fingerprint density at radius 1 is 0.655 bits per heavy atom. The molecule has 0 bridgehead atoms. The maximum atomic E-state index is 12.5. The lowest BCUT2D eigenvalue weighted by atomic mass is 10.1. The Morgan fingerprint density at radius 3 is 1.48 bits per heavy atom. The number of carboxylic acid groups (broad SMARTS) is 1. The van der Waals surface area contributed by atoms with Crippen LogP contribution in [-0.4, -0.2) is 22.9 Å². The van der Waals surface area contributed by atoms with Crippen LogP contribution in [0.15, 0.2) is 66.7 Å². The molecule has 0 aliphatic heterocycles. The summed E-state index contributed by atoms with van der Waals surface area (Å²) in [6.45, 7) is 3.75. The zero-order valence-corrected chi connectivity index (χ0v) is 16.0. The number of benzene rings is 3. The van der Waals surface area contributed by atoms with Gasteiger partial charge in [-0.1, -0.05) is 35.4 Å². The molecule has 6 heteroatoms. The molecule has 0 heterocycles. The molecule has 3 aromatic carbocycles. The second-order valence-electron chi connectivity index (χ2n) is 6.75. The van der Waals surface area contributed by atoms with Crippen LogP contribution in [0, 0.1) is 13.8 Å². The van der Waals surface area contributed by atoms with E-state index in [-0.39, 0.29) is 28.8 Å². The fourth-order valence-corrected chi connectivity index (χ4v) is 2.87. The Balaban J connectivity index is 1.87. The second-order valence-corrected chi connectivity index (χ2v) is 6.75. The van der Waals surface area contributed by atoms with Gasteiger partial charge in [-0.25, -0.2) is 4.79 Å². The van der Waals surface area contributed by atoms with Gasteiger partial charge in [-0.05, 0) is 56.3 Å². The van der Waals surface area contributed by atoms with Gasteiger partial charge in [0.2, 0.25) is 0 Å². The number of carbonyl (C=O) groups is 3. The molecule has 0 aliphatic carbocycles. The number of carboxylic acids is 1. The summed E-state index contributed by atoms with van der Waals surface area (Å²) in [5.74, 6) is -1.90. The first kappa shape index (κ1) is 19.8. The molecule has 0 aromatic heterocycles. The van der Waals surface area contributed by atoms with Crippen LogP contribution in [0.1, 0.15) is 42.2 Å². The van der Waals surface area contributed by atoms with Gasteiger partial charge in [-0.2, -0.15) is 0 Å². The molecule has 0 spiro atoms. The molecule has 0 atom stereocenters. The number of hydrogen-bond donors (Lipinski definition) is 3. The summed E-state index contributed by atoms with van der Waals surface area (Å²) in [4.78, 5) is 36.5. The predicted molar refractivity (Wildman–Crippen MR) is 112 cm³/mol. The normalized spacial score (nSPS) is 10.3. The van der Waals surface area contributed by atoms with Crippen LogP contribution >= 0.6 is 0 Å². The molecule has 146 valence electrons. The van der Waals surface area contributed by atoms with Gasteiger partial charge in [0.15, 0.2) is 0 Å². The van der Waals surface area contributed by atoms with Crippen molar-refractivity contribution in [3.63, 3.8) is 0 Å². The van der Waals surface area contributed by atoms with Crippen LogP contribution in [-0.2, 0) is 0 Å². The lowest BCUT2D eigenvalue weighted by Gasteiger charge is -2.11. The molecule has 0 radical (unpaired) electrons. The summed E-state index contributed by atoms with van der Waals surface area (Å²) >= 11 is 0. The molecule has 6 nitrogen and oxygen atoms in total. The number of rotatable bonds is 5. The first-order valence-electron chi connectivity index (χ1n) is 8.96. The van der Waals surface area contributed by atoms with Crippen LogP contribution in [0.25, 0.3) is 0 Å². The summed E-state index contributed by atoms with van der Waals surface area (Å²) in [6.07, 6.45) is 0. The topological polar surface area (TPSA) is 95.5 Å². The van der Waals surface area contributed by atoms with Crippen molar-refractivity contribution in [2.24, 2.45) is 0 Å². The van der Waals surface area contributed by atoms with Gasteiger partial charge in [0.05, 0.1) is 5.56 Å². The van der Waals surface area contributed by atoms with E-state index < -0.39 is 5.97 Å². The smallest absolute Gasteiger partial charge is 0.335 e. The number of aromatic carboxylic acids is 1. The van der Waals surface area contributed by atoms with Crippen molar-refractivity contribution in [1.82, 2.24) is 0 Å². The van der Waals surface area contributed by atoms with Crippen LogP contribution in [0.2, 0.25) is 0 Å². The quantitative estimate of drug-likeness (QED) is 0.599. The number of nitrogens with one attached hydrogen (secondary N) is 2. The fourth-order valence-electron chi connectivity index (χ4n) is 2.87. The average Bonchev–Trinajstić information content (AvgIpc) is 2.67. The zero-order chi connectivity index (χ0) is 21.0. The predicted octanol–water partition coefficient (Wildman–Crippen LogP) is 4.51. The van der Waals surface area contributed by atoms with Crippen molar-refractivity contribution in [3.8, 4) is 0 Å². The van der Waals surface area contributed by atoms with E-state index in [1.165, 1.54) is 18.2 Å². The SMILES string of the molecule is Cc1cccc(C(=O)Nc2cc(NC(=O)c3cccc(C)c3)cc(C(=O)O)c2)c1. The van der Waals surface area contributed by atoms with Gasteiger partial charge in [-0.15, -0.1) is 0 Å². The Kier molecular flexibility index (Phi) is 5.74. The fraction of sp³-hybridized carbons (Fsp3) is 0.0870. The molecular weight excluding hydrogens is 368 g/mol. The highest BCUT2D eigenvalue weighted by molar-refractivity contribution is 6.07. The van der Waals surface area contributed by atoms with E-state index in [0.29, 0.717) is 11.1 Å². The van der Waals surface area contributed by atoms with Crippen molar-refractivity contribution in [3.05, 3.63) is 94.5 Å². The Labute approximate surface area is 168 Å². The van der Waals surface area contributed by atoms with Crippen LogP contribution in [0.5, 0.6) is 0 Å². The van der Waals surface area contributed by atoms with E-state index in [1.807, 2.05) is 26.0 Å². The molecule has 0 saturated heterocycles. The maximum absolute atomic E-state index is 12.5.